The second-order valence-corrected chi connectivity index (χ2v) is 4.32. The Bertz CT molecular complexity index is 164. The lowest BCUT2D eigenvalue weighted by molar-refractivity contribution is -0.121. The quantitative estimate of drug-likeness (QED) is 0.618. The number of carbonyl (C=O) groups excluding carboxylic acids is 1. The van der Waals surface area contributed by atoms with Gasteiger partial charge in [0.2, 0.25) is 5.91 Å². The molecule has 0 fully saturated rings. The zero-order valence-corrected chi connectivity index (χ0v) is 9.64. The van der Waals surface area contributed by atoms with E-state index in [1.807, 2.05) is 20.8 Å². The Balaban J connectivity index is 3.36. The van der Waals surface area contributed by atoms with Gasteiger partial charge >= 0.3 is 0 Å². The fourth-order valence-corrected chi connectivity index (χ4v) is 1.01. The van der Waals surface area contributed by atoms with Crippen LogP contribution in [0.4, 0.5) is 0 Å². The molecule has 0 aromatic carbocycles. The fraction of sp³-hybridized carbons (Fsp3) is 0.900. The number of ether oxygens (including phenoxy) is 1. The van der Waals surface area contributed by atoms with E-state index in [2.05, 4.69) is 10.6 Å². The van der Waals surface area contributed by atoms with Gasteiger partial charge in [-0.15, -0.1) is 0 Å². The van der Waals surface area contributed by atoms with E-state index in [0.29, 0.717) is 6.54 Å². The highest BCUT2D eigenvalue weighted by Gasteiger charge is 2.12. The highest BCUT2D eigenvalue weighted by Crippen LogP contribution is 1.96. The van der Waals surface area contributed by atoms with E-state index in [0.717, 1.165) is 19.6 Å². The smallest absolute Gasteiger partial charge is 0.234 e. The summed E-state index contributed by atoms with van der Waals surface area (Å²) in [5.41, 5.74) is -0.148. The van der Waals surface area contributed by atoms with Crippen LogP contribution in [0.15, 0.2) is 0 Å². The Morgan fingerprint density at radius 2 is 2.00 bits per heavy atom. The summed E-state index contributed by atoms with van der Waals surface area (Å²) < 4.78 is 4.89. The van der Waals surface area contributed by atoms with Crippen molar-refractivity contribution in [2.75, 3.05) is 26.8 Å². The Labute approximate surface area is 86.4 Å². The fourth-order valence-electron chi connectivity index (χ4n) is 1.01. The maximum atomic E-state index is 11.3. The summed E-state index contributed by atoms with van der Waals surface area (Å²) in [6, 6.07) is 0. The molecule has 0 aliphatic heterocycles. The molecule has 4 heteroatoms. The van der Waals surface area contributed by atoms with Crippen LogP contribution in [-0.2, 0) is 9.53 Å². The first kappa shape index (κ1) is 13.4. The number of rotatable bonds is 6. The van der Waals surface area contributed by atoms with E-state index in [4.69, 9.17) is 4.74 Å². The zero-order chi connectivity index (χ0) is 11.0. The average Bonchev–Trinajstić information content (AvgIpc) is 2.00. The summed E-state index contributed by atoms with van der Waals surface area (Å²) in [5, 5.41) is 5.93. The second-order valence-electron chi connectivity index (χ2n) is 4.32. The van der Waals surface area contributed by atoms with E-state index in [-0.39, 0.29) is 11.4 Å². The lowest BCUT2D eigenvalue weighted by Gasteiger charge is -2.20. The van der Waals surface area contributed by atoms with E-state index < -0.39 is 0 Å². The summed E-state index contributed by atoms with van der Waals surface area (Å²) in [4.78, 5) is 11.3. The third-order valence-electron chi connectivity index (χ3n) is 1.50. The van der Waals surface area contributed by atoms with Crippen molar-refractivity contribution in [1.82, 2.24) is 10.6 Å². The maximum Gasteiger partial charge on any atom is 0.234 e. The third-order valence-corrected chi connectivity index (χ3v) is 1.50. The standard InChI is InChI=1S/C10H22N2O2/c1-10(2,3)12-9(13)8-11-6-5-7-14-4/h11H,5-8H2,1-4H3,(H,12,13). The van der Waals surface area contributed by atoms with E-state index in [9.17, 15) is 4.79 Å². The van der Waals surface area contributed by atoms with Crippen molar-refractivity contribution in [3.63, 3.8) is 0 Å². The summed E-state index contributed by atoms with van der Waals surface area (Å²) >= 11 is 0. The first-order chi connectivity index (χ1) is 6.45. The third kappa shape index (κ3) is 9.48. The molecule has 0 radical (unpaired) electrons. The monoisotopic (exact) mass is 202 g/mol. The Morgan fingerprint density at radius 1 is 1.36 bits per heavy atom. The van der Waals surface area contributed by atoms with Crippen LogP contribution in [0.5, 0.6) is 0 Å². The maximum absolute atomic E-state index is 11.3. The molecule has 0 rings (SSSR count). The normalized spacial score (nSPS) is 11.4. The Kier molecular flexibility index (Phi) is 6.49. The molecule has 0 aliphatic carbocycles. The highest BCUT2D eigenvalue weighted by atomic mass is 16.5. The molecule has 0 unspecified atom stereocenters. The van der Waals surface area contributed by atoms with Crippen molar-refractivity contribution in [2.24, 2.45) is 0 Å². The van der Waals surface area contributed by atoms with Crippen LogP contribution in [-0.4, -0.2) is 38.3 Å². The number of hydrogen-bond acceptors (Lipinski definition) is 3. The van der Waals surface area contributed by atoms with Gasteiger partial charge in [0.1, 0.15) is 0 Å². The van der Waals surface area contributed by atoms with Crippen LogP contribution in [0, 0.1) is 0 Å². The molecular formula is C10H22N2O2. The van der Waals surface area contributed by atoms with Gasteiger partial charge in [0.05, 0.1) is 6.54 Å². The van der Waals surface area contributed by atoms with Crippen molar-refractivity contribution < 1.29 is 9.53 Å². The molecule has 0 aromatic heterocycles. The molecule has 0 atom stereocenters. The Hall–Kier alpha value is -0.610. The lowest BCUT2D eigenvalue weighted by atomic mass is 10.1. The first-order valence-corrected chi connectivity index (χ1v) is 4.96. The van der Waals surface area contributed by atoms with Gasteiger partial charge in [0.25, 0.3) is 0 Å². The zero-order valence-electron chi connectivity index (χ0n) is 9.64. The molecule has 0 saturated heterocycles. The molecule has 2 N–H and O–H groups in total. The van der Waals surface area contributed by atoms with Crippen molar-refractivity contribution in [2.45, 2.75) is 32.7 Å². The van der Waals surface area contributed by atoms with Gasteiger partial charge in [-0.1, -0.05) is 0 Å². The van der Waals surface area contributed by atoms with Crippen molar-refractivity contribution in [3.05, 3.63) is 0 Å². The predicted octanol–water partition coefficient (Wildman–Crippen LogP) is 0.527. The topological polar surface area (TPSA) is 50.4 Å². The second kappa shape index (κ2) is 6.79. The van der Waals surface area contributed by atoms with Crippen LogP contribution < -0.4 is 10.6 Å². The van der Waals surface area contributed by atoms with Crippen molar-refractivity contribution in [1.29, 1.82) is 0 Å². The van der Waals surface area contributed by atoms with Crippen LogP contribution >= 0.6 is 0 Å². The molecule has 0 heterocycles. The number of carbonyl (C=O) groups is 1. The van der Waals surface area contributed by atoms with E-state index in [1.165, 1.54) is 0 Å². The molecule has 0 spiro atoms. The van der Waals surface area contributed by atoms with Gasteiger partial charge in [0, 0.05) is 19.3 Å². The predicted molar refractivity (Wildman–Crippen MR) is 57.3 cm³/mol. The molecular weight excluding hydrogens is 180 g/mol. The number of hydrogen-bond donors (Lipinski definition) is 2. The largest absolute Gasteiger partial charge is 0.385 e. The van der Waals surface area contributed by atoms with Crippen LogP contribution in [0.3, 0.4) is 0 Å². The van der Waals surface area contributed by atoms with E-state index in [1.54, 1.807) is 7.11 Å². The van der Waals surface area contributed by atoms with Gasteiger partial charge < -0.3 is 15.4 Å². The number of amides is 1. The van der Waals surface area contributed by atoms with Gasteiger partial charge in [0.15, 0.2) is 0 Å². The summed E-state index contributed by atoms with van der Waals surface area (Å²) in [6.45, 7) is 7.82. The molecule has 4 nitrogen and oxygen atoms in total. The van der Waals surface area contributed by atoms with Crippen molar-refractivity contribution in [3.8, 4) is 0 Å². The van der Waals surface area contributed by atoms with Gasteiger partial charge in [-0.05, 0) is 33.7 Å². The molecule has 1 amide bonds. The minimum atomic E-state index is -0.148. The van der Waals surface area contributed by atoms with Gasteiger partial charge in [-0.3, -0.25) is 4.79 Å². The van der Waals surface area contributed by atoms with Crippen molar-refractivity contribution >= 4 is 5.91 Å². The number of methoxy groups -OCH3 is 1. The van der Waals surface area contributed by atoms with Crippen LogP contribution in [0.2, 0.25) is 0 Å². The first-order valence-electron chi connectivity index (χ1n) is 4.96. The van der Waals surface area contributed by atoms with Crippen LogP contribution in [0.25, 0.3) is 0 Å². The van der Waals surface area contributed by atoms with Gasteiger partial charge in [-0.2, -0.15) is 0 Å². The molecule has 0 aromatic rings. The SMILES string of the molecule is COCCCNCC(=O)NC(C)(C)C. The lowest BCUT2D eigenvalue weighted by Crippen LogP contribution is -2.45. The minimum absolute atomic E-state index is 0.0370. The molecule has 0 aliphatic rings. The summed E-state index contributed by atoms with van der Waals surface area (Å²) in [6.07, 6.45) is 0.930. The molecule has 14 heavy (non-hydrogen) atoms. The highest BCUT2D eigenvalue weighted by molar-refractivity contribution is 5.78. The summed E-state index contributed by atoms with van der Waals surface area (Å²) in [5.74, 6) is 0.0370. The Morgan fingerprint density at radius 3 is 2.50 bits per heavy atom. The molecule has 0 bridgehead atoms. The number of nitrogens with one attached hydrogen (secondary N) is 2. The average molecular weight is 202 g/mol. The molecule has 84 valence electrons. The molecule has 0 saturated carbocycles. The minimum Gasteiger partial charge on any atom is -0.385 e. The van der Waals surface area contributed by atoms with Gasteiger partial charge in [-0.25, -0.2) is 0 Å². The van der Waals surface area contributed by atoms with E-state index >= 15 is 0 Å². The summed E-state index contributed by atoms with van der Waals surface area (Å²) in [7, 11) is 1.67. The van der Waals surface area contributed by atoms with Crippen LogP contribution in [0.1, 0.15) is 27.2 Å².